The SMILES string of the molecule is CC[C@@]1(O)C(=O)OCc2c1cc1n(c2=O)Cc2c-1nc1ccc(NC(=O)OCCO)c3c1c2C=CS3. The highest BCUT2D eigenvalue weighted by Crippen LogP contribution is 2.46. The number of benzene rings is 1. The molecule has 1 atom stereocenters. The number of hydrogen-bond acceptors (Lipinski definition) is 9. The second kappa shape index (κ2) is 8.19. The number of carbonyl (C=O) groups is 2. The van der Waals surface area contributed by atoms with Crippen LogP contribution < -0.4 is 10.9 Å². The quantitative estimate of drug-likeness (QED) is 0.356. The van der Waals surface area contributed by atoms with E-state index >= 15 is 0 Å². The number of anilines is 1. The van der Waals surface area contributed by atoms with Crippen molar-refractivity contribution in [2.75, 3.05) is 18.5 Å². The molecular formula is C25H21N3O7S. The number of aromatic nitrogens is 2. The summed E-state index contributed by atoms with van der Waals surface area (Å²) in [6.07, 6.45) is 1.36. The standard InChI is InChI=1S/C25H21N3O7S/c1-2-25(33)15-9-18-20-13(10-28(18)22(30)14(15)11-35-23(25)31)12-5-8-36-21-17(27-24(32)34-7-6-29)4-3-16(26-20)19(12)21/h3-5,8-9,29,33H,2,6-7,10-11H2,1H3,(H,27,32)/t25-/m0/s1. The monoisotopic (exact) mass is 507 g/mol. The fourth-order valence-corrected chi connectivity index (χ4v) is 5.95. The van der Waals surface area contributed by atoms with Gasteiger partial charge in [-0.3, -0.25) is 10.1 Å². The van der Waals surface area contributed by atoms with E-state index in [4.69, 9.17) is 19.6 Å². The van der Waals surface area contributed by atoms with Crippen LogP contribution in [0.4, 0.5) is 10.5 Å². The zero-order valence-corrected chi connectivity index (χ0v) is 20.0. The molecule has 10 nitrogen and oxygen atoms in total. The predicted molar refractivity (Wildman–Crippen MR) is 131 cm³/mol. The molecule has 0 saturated carbocycles. The van der Waals surface area contributed by atoms with Gasteiger partial charge in [-0.1, -0.05) is 18.7 Å². The lowest BCUT2D eigenvalue weighted by atomic mass is 9.86. The first-order valence-electron chi connectivity index (χ1n) is 11.4. The second-order valence-corrected chi connectivity index (χ2v) is 9.61. The smallest absolute Gasteiger partial charge is 0.411 e. The lowest BCUT2D eigenvalue weighted by molar-refractivity contribution is -0.172. The first-order chi connectivity index (χ1) is 17.4. The van der Waals surface area contributed by atoms with Crippen LogP contribution in [0.25, 0.3) is 28.4 Å². The van der Waals surface area contributed by atoms with E-state index in [1.807, 2.05) is 11.5 Å². The zero-order valence-electron chi connectivity index (χ0n) is 19.2. The third-order valence-electron chi connectivity index (χ3n) is 6.83. The number of hydrogen-bond donors (Lipinski definition) is 3. The van der Waals surface area contributed by atoms with Crippen molar-refractivity contribution >= 4 is 46.5 Å². The van der Waals surface area contributed by atoms with Gasteiger partial charge in [0.15, 0.2) is 5.60 Å². The van der Waals surface area contributed by atoms with Crippen molar-refractivity contribution in [2.24, 2.45) is 0 Å². The summed E-state index contributed by atoms with van der Waals surface area (Å²) >= 11 is 1.43. The molecule has 36 heavy (non-hydrogen) atoms. The van der Waals surface area contributed by atoms with Crippen LogP contribution in [0.5, 0.6) is 0 Å². The third-order valence-corrected chi connectivity index (χ3v) is 7.76. The summed E-state index contributed by atoms with van der Waals surface area (Å²) in [6, 6.07) is 5.20. The number of aliphatic hydroxyl groups excluding tert-OH is 1. The summed E-state index contributed by atoms with van der Waals surface area (Å²) in [7, 11) is 0. The molecule has 0 bridgehead atoms. The Kier molecular flexibility index (Phi) is 5.18. The second-order valence-electron chi connectivity index (χ2n) is 8.70. The molecule has 3 N–H and O–H groups in total. The van der Waals surface area contributed by atoms with Crippen molar-refractivity contribution < 1.29 is 29.3 Å². The number of rotatable bonds is 4. The maximum Gasteiger partial charge on any atom is 0.411 e. The molecular weight excluding hydrogens is 486 g/mol. The maximum absolute atomic E-state index is 13.5. The van der Waals surface area contributed by atoms with E-state index in [0.29, 0.717) is 22.6 Å². The van der Waals surface area contributed by atoms with Gasteiger partial charge in [0.2, 0.25) is 0 Å². The number of nitrogens with one attached hydrogen (secondary N) is 1. The van der Waals surface area contributed by atoms with Crippen LogP contribution >= 0.6 is 11.8 Å². The molecule has 2 aromatic heterocycles. The topological polar surface area (TPSA) is 140 Å². The van der Waals surface area contributed by atoms with Gasteiger partial charge in [-0.05, 0) is 41.7 Å². The van der Waals surface area contributed by atoms with Gasteiger partial charge in [-0.15, -0.1) is 0 Å². The zero-order chi connectivity index (χ0) is 25.2. The summed E-state index contributed by atoms with van der Waals surface area (Å²) in [5.74, 6) is -0.760. The number of aliphatic hydroxyl groups is 2. The number of thioether (sulfide) groups is 1. The van der Waals surface area contributed by atoms with Crippen molar-refractivity contribution in [1.29, 1.82) is 0 Å². The summed E-state index contributed by atoms with van der Waals surface area (Å²) in [6.45, 7) is 1.38. The molecule has 1 aromatic carbocycles. The van der Waals surface area contributed by atoms with E-state index < -0.39 is 17.7 Å². The first kappa shape index (κ1) is 22.8. The highest BCUT2D eigenvalue weighted by molar-refractivity contribution is 8.02. The summed E-state index contributed by atoms with van der Waals surface area (Å²) in [4.78, 5) is 43.6. The number of pyridine rings is 2. The Hall–Kier alpha value is -3.67. The highest BCUT2D eigenvalue weighted by atomic mass is 32.2. The van der Waals surface area contributed by atoms with Crippen LogP contribution in [-0.2, 0) is 33.0 Å². The molecule has 3 aliphatic heterocycles. The van der Waals surface area contributed by atoms with Crippen molar-refractivity contribution in [2.45, 2.75) is 37.0 Å². The van der Waals surface area contributed by atoms with Gasteiger partial charge in [-0.25, -0.2) is 14.6 Å². The Bertz CT molecular complexity index is 1580. The lowest BCUT2D eigenvalue weighted by Crippen LogP contribution is -2.44. The molecule has 5 heterocycles. The van der Waals surface area contributed by atoms with E-state index in [-0.39, 0.29) is 49.5 Å². The van der Waals surface area contributed by atoms with Crippen LogP contribution in [0.2, 0.25) is 0 Å². The highest BCUT2D eigenvalue weighted by Gasteiger charge is 2.45. The Morgan fingerprint density at radius 2 is 2.17 bits per heavy atom. The number of nitrogens with zero attached hydrogens (tertiary/aromatic N) is 2. The number of fused-ring (bicyclic) bond motifs is 5. The van der Waals surface area contributed by atoms with Gasteiger partial charge in [0.25, 0.3) is 5.56 Å². The minimum Gasteiger partial charge on any atom is -0.458 e. The average Bonchev–Trinajstić information content (AvgIpc) is 3.26. The van der Waals surface area contributed by atoms with Crippen LogP contribution in [0.15, 0.2) is 33.3 Å². The van der Waals surface area contributed by atoms with Crippen molar-refractivity contribution in [3.8, 4) is 11.4 Å². The number of cyclic esters (lactones) is 1. The first-order valence-corrected chi connectivity index (χ1v) is 12.3. The minimum absolute atomic E-state index is 0.0742. The number of esters is 1. The van der Waals surface area contributed by atoms with E-state index in [9.17, 15) is 19.5 Å². The van der Waals surface area contributed by atoms with E-state index in [0.717, 1.165) is 21.4 Å². The molecule has 0 radical (unpaired) electrons. The average molecular weight is 508 g/mol. The predicted octanol–water partition coefficient (Wildman–Crippen LogP) is 2.70. The Labute approximate surface area is 208 Å². The molecule has 3 aromatic rings. The van der Waals surface area contributed by atoms with Crippen LogP contribution in [0.1, 0.15) is 35.6 Å². The van der Waals surface area contributed by atoms with E-state index in [1.165, 1.54) is 11.8 Å². The normalized spacial score (nSPS) is 18.9. The molecule has 3 aliphatic rings. The summed E-state index contributed by atoms with van der Waals surface area (Å²) < 4.78 is 11.7. The number of carbonyl (C=O) groups excluding carboxylic acids is 2. The van der Waals surface area contributed by atoms with Gasteiger partial charge in [0.1, 0.15) is 13.2 Å². The molecule has 0 spiro atoms. The Morgan fingerprint density at radius 1 is 1.33 bits per heavy atom. The maximum atomic E-state index is 13.5. The van der Waals surface area contributed by atoms with Gasteiger partial charge in [0, 0.05) is 21.4 Å². The summed E-state index contributed by atoms with van der Waals surface area (Å²) in [5.41, 5.74) is 2.44. The molecule has 0 fully saturated rings. The van der Waals surface area contributed by atoms with Crippen molar-refractivity contribution in [3.05, 3.63) is 56.2 Å². The minimum atomic E-state index is -1.88. The molecule has 1 amide bonds. The van der Waals surface area contributed by atoms with E-state index in [2.05, 4.69) is 5.32 Å². The van der Waals surface area contributed by atoms with Crippen LogP contribution in [0.3, 0.4) is 0 Å². The van der Waals surface area contributed by atoms with Crippen LogP contribution in [-0.4, -0.2) is 45.0 Å². The Balaban J connectivity index is 1.53. The van der Waals surface area contributed by atoms with Crippen molar-refractivity contribution in [1.82, 2.24) is 9.55 Å². The molecule has 184 valence electrons. The fraction of sp³-hybridized carbons (Fsp3) is 0.280. The molecule has 11 heteroatoms. The molecule has 0 aliphatic carbocycles. The summed E-state index contributed by atoms with van der Waals surface area (Å²) in [5, 5.41) is 25.4. The third kappa shape index (κ3) is 3.13. The largest absolute Gasteiger partial charge is 0.458 e. The Morgan fingerprint density at radius 3 is 2.94 bits per heavy atom. The van der Waals surface area contributed by atoms with Crippen LogP contribution in [0, 0.1) is 0 Å². The molecule has 0 saturated heterocycles. The van der Waals surface area contributed by atoms with Gasteiger partial charge in [0.05, 0.1) is 41.3 Å². The van der Waals surface area contributed by atoms with Crippen molar-refractivity contribution in [3.63, 3.8) is 0 Å². The van der Waals surface area contributed by atoms with Gasteiger partial charge < -0.3 is 24.3 Å². The molecule has 6 rings (SSSR count). The lowest BCUT2D eigenvalue weighted by Gasteiger charge is -2.31. The van der Waals surface area contributed by atoms with Gasteiger partial charge in [-0.2, -0.15) is 0 Å². The van der Waals surface area contributed by atoms with Gasteiger partial charge >= 0.3 is 12.1 Å². The van der Waals surface area contributed by atoms with E-state index in [1.54, 1.807) is 29.7 Å². The number of amides is 1. The number of ether oxygens (including phenoxy) is 2. The fourth-order valence-electron chi connectivity index (χ4n) is 5.03. The molecule has 0 unspecified atom stereocenters.